The molecule has 6 heteroatoms. The highest BCUT2D eigenvalue weighted by Gasteiger charge is 2.42. The third-order valence-corrected chi connectivity index (χ3v) is 5.12. The van der Waals surface area contributed by atoms with E-state index in [1.807, 2.05) is 16.3 Å². The summed E-state index contributed by atoms with van der Waals surface area (Å²) in [6.45, 7) is 2.62. The van der Waals surface area contributed by atoms with Gasteiger partial charge >= 0.3 is 0 Å². The van der Waals surface area contributed by atoms with Crippen molar-refractivity contribution in [1.29, 1.82) is 0 Å². The summed E-state index contributed by atoms with van der Waals surface area (Å²) in [6, 6.07) is 1.94. The van der Waals surface area contributed by atoms with Gasteiger partial charge in [0.1, 0.15) is 0 Å². The smallest absolute Gasteiger partial charge is 0.254 e. The monoisotopic (exact) mass is 379 g/mol. The van der Waals surface area contributed by atoms with Gasteiger partial charge in [-0.05, 0) is 35.1 Å². The van der Waals surface area contributed by atoms with Crippen LogP contribution in [0.4, 0.5) is 0 Å². The summed E-state index contributed by atoms with van der Waals surface area (Å²) in [4.78, 5) is 14.2. The van der Waals surface area contributed by atoms with E-state index in [0.29, 0.717) is 19.8 Å². The second-order valence-electron chi connectivity index (χ2n) is 4.58. The van der Waals surface area contributed by atoms with Crippen molar-refractivity contribution in [2.75, 3.05) is 26.3 Å². The number of halogens is 1. The van der Waals surface area contributed by atoms with Gasteiger partial charge in [0, 0.05) is 18.3 Å². The Hall–Kier alpha value is -0.180. The zero-order valence-electron chi connectivity index (χ0n) is 9.86. The maximum absolute atomic E-state index is 12.4. The van der Waals surface area contributed by atoms with Crippen molar-refractivity contribution in [3.8, 4) is 0 Å². The van der Waals surface area contributed by atoms with Crippen LogP contribution in [0.5, 0.6) is 0 Å². The Kier molecular flexibility index (Phi) is 3.61. The second kappa shape index (κ2) is 5.07. The molecule has 2 saturated heterocycles. The van der Waals surface area contributed by atoms with E-state index in [0.717, 1.165) is 27.8 Å². The zero-order valence-corrected chi connectivity index (χ0v) is 12.8. The lowest BCUT2D eigenvalue weighted by molar-refractivity contribution is -0.183. The Morgan fingerprint density at radius 2 is 2.22 bits per heavy atom. The van der Waals surface area contributed by atoms with Crippen molar-refractivity contribution in [3.05, 3.63) is 19.9 Å². The number of carbonyl (C=O) groups is 1. The molecule has 3 rings (SSSR count). The maximum atomic E-state index is 12.4. The topological polar surface area (TPSA) is 38.8 Å². The lowest BCUT2D eigenvalue weighted by Gasteiger charge is -2.38. The van der Waals surface area contributed by atoms with E-state index in [-0.39, 0.29) is 5.91 Å². The number of hydrogen-bond acceptors (Lipinski definition) is 4. The third-order valence-electron chi connectivity index (χ3n) is 3.33. The van der Waals surface area contributed by atoms with Gasteiger partial charge in [-0.1, -0.05) is 0 Å². The Morgan fingerprint density at radius 1 is 1.44 bits per heavy atom. The molecule has 2 aliphatic heterocycles. The van der Waals surface area contributed by atoms with Gasteiger partial charge in [-0.3, -0.25) is 4.79 Å². The molecule has 4 nitrogen and oxygen atoms in total. The van der Waals surface area contributed by atoms with E-state index in [4.69, 9.17) is 9.47 Å². The third kappa shape index (κ3) is 2.43. The molecule has 0 aliphatic carbocycles. The van der Waals surface area contributed by atoms with Gasteiger partial charge in [0.15, 0.2) is 5.79 Å². The first-order valence-corrected chi connectivity index (χ1v) is 7.96. The minimum atomic E-state index is -0.531. The highest BCUT2D eigenvalue weighted by atomic mass is 127. The second-order valence-corrected chi connectivity index (χ2v) is 7.38. The molecule has 1 spiro atoms. The lowest BCUT2D eigenvalue weighted by atomic mass is 10.0. The van der Waals surface area contributed by atoms with E-state index >= 15 is 0 Å². The highest BCUT2D eigenvalue weighted by molar-refractivity contribution is 14.1. The van der Waals surface area contributed by atoms with Crippen molar-refractivity contribution in [3.63, 3.8) is 0 Å². The number of rotatable bonds is 1. The number of thiophene rings is 1. The molecular weight excluding hydrogens is 365 g/mol. The molecule has 0 unspecified atom stereocenters. The molecule has 0 N–H and O–H groups in total. The summed E-state index contributed by atoms with van der Waals surface area (Å²) in [6.07, 6.45) is 1.82. The van der Waals surface area contributed by atoms with E-state index in [2.05, 4.69) is 22.6 Å². The molecule has 0 saturated carbocycles. The van der Waals surface area contributed by atoms with E-state index in [1.54, 1.807) is 11.3 Å². The van der Waals surface area contributed by atoms with Crippen LogP contribution in [-0.4, -0.2) is 42.9 Å². The Labute approximate surface area is 123 Å². The van der Waals surface area contributed by atoms with Crippen LogP contribution in [0.1, 0.15) is 23.2 Å². The molecule has 2 fully saturated rings. The van der Waals surface area contributed by atoms with Crippen LogP contribution in [-0.2, 0) is 9.47 Å². The molecule has 1 aromatic rings. The van der Waals surface area contributed by atoms with Crippen LogP contribution >= 0.6 is 33.9 Å². The minimum absolute atomic E-state index is 0.0901. The van der Waals surface area contributed by atoms with Crippen LogP contribution in [0.3, 0.4) is 0 Å². The average Bonchev–Trinajstić information content (AvgIpc) is 2.98. The van der Waals surface area contributed by atoms with Crippen molar-refractivity contribution in [2.24, 2.45) is 0 Å². The maximum Gasteiger partial charge on any atom is 0.254 e. The number of hydrogen-bond donors (Lipinski definition) is 0. The first kappa shape index (κ1) is 12.8. The molecular formula is C12H14INO3S. The van der Waals surface area contributed by atoms with Gasteiger partial charge in [0.2, 0.25) is 0 Å². The standard InChI is InChI=1S/C12H14INO3S/c13-10-6-9(7-18-10)11(15)14-3-1-2-12(8-14)16-4-5-17-12/h6-7H,1-5,8H2. The first-order chi connectivity index (χ1) is 8.69. The minimum Gasteiger partial charge on any atom is -0.346 e. The molecule has 0 aromatic carbocycles. The van der Waals surface area contributed by atoms with E-state index in [1.165, 1.54) is 0 Å². The molecule has 1 amide bonds. The molecule has 98 valence electrons. The van der Waals surface area contributed by atoms with Gasteiger partial charge in [0.25, 0.3) is 5.91 Å². The number of nitrogens with zero attached hydrogens (tertiary/aromatic N) is 1. The lowest BCUT2D eigenvalue weighted by Crippen LogP contribution is -2.50. The summed E-state index contributed by atoms with van der Waals surface area (Å²) in [7, 11) is 0. The van der Waals surface area contributed by atoms with Crippen LogP contribution in [0.2, 0.25) is 0 Å². The number of amides is 1. The molecule has 3 heterocycles. The quantitative estimate of drug-likeness (QED) is 0.704. The van der Waals surface area contributed by atoms with Crippen molar-refractivity contribution in [2.45, 2.75) is 18.6 Å². The number of piperidine rings is 1. The summed E-state index contributed by atoms with van der Waals surface area (Å²) < 4.78 is 12.5. The van der Waals surface area contributed by atoms with Crippen LogP contribution in [0, 0.1) is 2.88 Å². The average molecular weight is 379 g/mol. The van der Waals surface area contributed by atoms with E-state index in [9.17, 15) is 4.79 Å². The summed E-state index contributed by atoms with van der Waals surface area (Å²) in [5.74, 6) is -0.441. The predicted molar refractivity (Wildman–Crippen MR) is 76.8 cm³/mol. The van der Waals surface area contributed by atoms with Crippen molar-refractivity contribution < 1.29 is 14.3 Å². The molecule has 0 atom stereocenters. The largest absolute Gasteiger partial charge is 0.346 e. The molecule has 18 heavy (non-hydrogen) atoms. The summed E-state index contributed by atoms with van der Waals surface area (Å²) >= 11 is 3.83. The van der Waals surface area contributed by atoms with Crippen molar-refractivity contribution >= 4 is 39.8 Å². The molecule has 0 bridgehead atoms. The first-order valence-electron chi connectivity index (χ1n) is 6.00. The fourth-order valence-electron chi connectivity index (χ4n) is 2.50. The molecule has 2 aliphatic rings. The number of carbonyl (C=O) groups excluding carboxylic acids is 1. The van der Waals surface area contributed by atoms with Crippen molar-refractivity contribution in [1.82, 2.24) is 4.90 Å². The van der Waals surface area contributed by atoms with Crippen LogP contribution < -0.4 is 0 Å². The summed E-state index contributed by atoms with van der Waals surface area (Å²) in [5.41, 5.74) is 0.777. The zero-order chi connectivity index (χ0) is 12.6. The highest BCUT2D eigenvalue weighted by Crippen LogP contribution is 2.31. The fraction of sp³-hybridized carbons (Fsp3) is 0.583. The Balaban J connectivity index is 1.74. The number of ether oxygens (including phenoxy) is 2. The Bertz CT molecular complexity index is 456. The van der Waals surface area contributed by atoms with Gasteiger partial charge in [-0.2, -0.15) is 0 Å². The van der Waals surface area contributed by atoms with Gasteiger partial charge < -0.3 is 14.4 Å². The van der Waals surface area contributed by atoms with Crippen LogP contribution in [0.15, 0.2) is 11.4 Å². The SMILES string of the molecule is O=C(c1csc(I)c1)N1CCCC2(C1)OCCO2. The van der Waals surface area contributed by atoms with Gasteiger partial charge in [-0.25, -0.2) is 0 Å². The fourth-order valence-corrected chi connectivity index (χ4v) is 3.82. The Morgan fingerprint density at radius 3 is 2.89 bits per heavy atom. The van der Waals surface area contributed by atoms with Gasteiger partial charge in [-0.15, -0.1) is 11.3 Å². The molecule has 1 aromatic heterocycles. The van der Waals surface area contributed by atoms with E-state index < -0.39 is 5.79 Å². The van der Waals surface area contributed by atoms with Crippen LogP contribution in [0.25, 0.3) is 0 Å². The predicted octanol–water partition coefficient (Wildman–Crippen LogP) is 2.33. The van der Waals surface area contributed by atoms with Gasteiger partial charge in [0.05, 0.1) is 28.2 Å². The molecule has 0 radical (unpaired) electrons. The number of likely N-dealkylation sites (tertiary alicyclic amines) is 1. The summed E-state index contributed by atoms with van der Waals surface area (Å²) in [5, 5.41) is 1.92. The normalized spacial score (nSPS) is 22.6.